The van der Waals surface area contributed by atoms with Crippen molar-refractivity contribution in [1.29, 1.82) is 0 Å². The molecule has 0 fully saturated rings. The molecule has 1 N–H and O–H groups in total. The fourth-order valence-electron chi connectivity index (χ4n) is 1.63. The summed E-state index contributed by atoms with van der Waals surface area (Å²) in [6.45, 7) is 0. The monoisotopic (exact) mass is 321 g/mol. The van der Waals surface area contributed by atoms with E-state index in [1.54, 1.807) is 0 Å². The molecule has 0 aliphatic rings. The summed E-state index contributed by atoms with van der Waals surface area (Å²) in [5.41, 5.74) is -0.723. The van der Waals surface area contributed by atoms with Gasteiger partial charge in [-0.25, -0.2) is 9.59 Å². The quantitative estimate of drug-likeness (QED) is 0.401. The zero-order valence-corrected chi connectivity index (χ0v) is 11.6. The van der Waals surface area contributed by atoms with Gasteiger partial charge in [0.2, 0.25) is 0 Å². The van der Waals surface area contributed by atoms with Crippen LogP contribution >= 0.6 is 11.6 Å². The highest BCUT2D eigenvalue weighted by Gasteiger charge is 2.19. The molecule has 7 nitrogen and oxygen atoms in total. The highest BCUT2D eigenvalue weighted by atomic mass is 35.5. The van der Waals surface area contributed by atoms with Gasteiger partial charge in [0.1, 0.15) is 11.3 Å². The summed E-state index contributed by atoms with van der Waals surface area (Å²) in [7, 11) is 0. The molecule has 0 aromatic heterocycles. The maximum Gasteiger partial charge on any atom is 0.343 e. The van der Waals surface area contributed by atoms with Crippen LogP contribution in [0.15, 0.2) is 42.5 Å². The number of carbonyl (C=O) groups is 2. The first-order valence-electron chi connectivity index (χ1n) is 5.88. The molecule has 0 atom stereocenters. The number of hydrogen-bond donors (Lipinski definition) is 1. The number of carboxylic acid groups (broad SMARTS) is 1. The molecule has 0 spiro atoms. The van der Waals surface area contributed by atoms with E-state index >= 15 is 0 Å². The highest BCUT2D eigenvalue weighted by Crippen LogP contribution is 2.25. The van der Waals surface area contributed by atoms with Crippen LogP contribution in [0.3, 0.4) is 0 Å². The van der Waals surface area contributed by atoms with Gasteiger partial charge in [-0.2, -0.15) is 0 Å². The van der Waals surface area contributed by atoms with Crippen LogP contribution < -0.4 is 4.74 Å². The van der Waals surface area contributed by atoms with Gasteiger partial charge in [-0.3, -0.25) is 10.1 Å². The molecule has 0 amide bonds. The molecule has 0 aliphatic heterocycles. The molecule has 0 saturated heterocycles. The molecule has 2 aromatic rings. The van der Waals surface area contributed by atoms with Gasteiger partial charge < -0.3 is 9.84 Å². The minimum atomic E-state index is -1.44. The molecule has 22 heavy (non-hydrogen) atoms. The second kappa shape index (κ2) is 6.23. The first-order chi connectivity index (χ1) is 10.4. The number of rotatable bonds is 4. The molecule has 2 aromatic carbocycles. The first-order valence-corrected chi connectivity index (χ1v) is 6.26. The smallest absolute Gasteiger partial charge is 0.343 e. The fourth-order valence-corrected chi connectivity index (χ4v) is 1.76. The lowest BCUT2D eigenvalue weighted by molar-refractivity contribution is -0.384. The predicted octanol–water partition coefficient (Wildman–Crippen LogP) is 3.17. The van der Waals surface area contributed by atoms with Crippen molar-refractivity contribution in [3.05, 3.63) is 68.7 Å². The van der Waals surface area contributed by atoms with Crippen LogP contribution in [-0.4, -0.2) is 22.0 Å². The molecular formula is C14H8ClNO6. The predicted molar refractivity (Wildman–Crippen MR) is 76.5 cm³/mol. The normalized spacial score (nSPS) is 10.0. The molecule has 2 rings (SSSR count). The summed E-state index contributed by atoms with van der Waals surface area (Å²) < 4.78 is 4.98. The fraction of sp³-hybridized carbons (Fsp3) is 0. The van der Waals surface area contributed by atoms with Gasteiger partial charge in [0.15, 0.2) is 0 Å². The number of hydrogen-bond acceptors (Lipinski definition) is 5. The lowest BCUT2D eigenvalue weighted by Gasteiger charge is -2.07. The number of carbonyl (C=O) groups excluding carboxylic acids is 1. The number of ether oxygens (including phenoxy) is 1. The maximum atomic E-state index is 11.9. The molecule has 0 aliphatic carbocycles. The van der Waals surface area contributed by atoms with E-state index in [-0.39, 0.29) is 11.3 Å². The number of aromatic carboxylic acids is 1. The third-order valence-corrected chi connectivity index (χ3v) is 2.94. The van der Waals surface area contributed by atoms with Crippen LogP contribution in [0.25, 0.3) is 0 Å². The van der Waals surface area contributed by atoms with E-state index < -0.39 is 28.1 Å². The van der Waals surface area contributed by atoms with Crippen LogP contribution in [0.1, 0.15) is 20.7 Å². The van der Waals surface area contributed by atoms with Gasteiger partial charge >= 0.3 is 11.9 Å². The number of nitro benzene ring substituents is 1. The van der Waals surface area contributed by atoms with Gasteiger partial charge in [-0.05, 0) is 30.3 Å². The van der Waals surface area contributed by atoms with Crippen molar-refractivity contribution in [2.24, 2.45) is 0 Å². The third kappa shape index (κ3) is 3.39. The Hall–Kier alpha value is -2.93. The van der Waals surface area contributed by atoms with E-state index in [2.05, 4.69) is 0 Å². The Morgan fingerprint density at radius 2 is 1.77 bits per heavy atom. The van der Waals surface area contributed by atoms with Crippen LogP contribution in [-0.2, 0) is 0 Å². The Bertz CT molecular complexity index is 756. The van der Waals surface area contributed by atoms with Crippen LogP contribution in [0.4, 0.5) is 5.69 Å². The van der Waals surface area contributed by atoms with Crippen molar-refractivity contribution in [2.75, 3.05) is 0 Å². The van der Waals surface area contributed by atoms with Gasteiger partial charge in [-0.15, -0.1) is 0 Å². The van der Waals surface area contributed by atoms with E-state index in [0.29, 0.717) is 5.02 Å². The summed E-state index contributed by atoms with van der Waals surface area (Å²) in [5, 5.41) is 20.1. The summed E-state index contributed by atoms with van der Waals surface area (Å²) in [4.78, 5) is 33.0. The number of nitro groups is 1. The topological polar surface area (TPSA) is 107 Å². The average molecular weight is 322 g/mol. The number of esters is 1. The lowest BCUT2D eigenvalue weighted by atomic mass is 10.1. The molecule has 8 heteroatoms. The molecule has 0 bridgehead atoms. The SMILES string of the molecule is O=C(Oc1ccc([N+](=O)[O-])cc1C(=O)O)c1ccc(Cl)cc1. The second-order valence-electron chi connectivity index (χ2n) is 4.14. The minimum Gasteiger partial charge on any atom is -0.478 e. The number of benzene rings is 2. The van der Waals surface area contributed by atoms with Crippen molar-refractivity contribution >= 4 is 29.2 Å². The van der Waals surface area contributed by atoms with E-state index in [0.717, 1.165) is 18.2 Å². The molecular weight excluding hydrogens is 314 g/mol. The molecule has 0 saturated carbocycles. The van der Waals surface area contributed by atoms with E-state index in [1.807, 2.05) is 0 Å². The summed E-state index contributed by atoms with van der Waals surface area (Å²) in [5.74, 6) is -2.52. The van der Waals surface area contributed by atoms with Crippen molar-refractivity contribution in [2.45, 2.75) is 0 Å². The standard InChI is InChI=1S/C14H8ClNO6/c15-9-3-1-8(2-4-9)14(19)22-12-6-5-10(16(20)21)7-11(12)13(17)18/h1-7H,(H,17,18). The van der Waals surface area contributed by atoms with Crippen molar-refractivity contribution in [3.63, 3.8) is 0 Å². The summed E-state index contributed by atoms with van der Waals surface area (Å²) >= 11 is 5.70. The molecule has 0 unspecified atom stereocenters. The van der Waals surface area contributed by atoms with Crippen LogP contribution in [0.2, 0.25) is 5.02 Å². The van der Waals surface area contributed by atoms with Gasteiger partial charge in [0, 0.05) is 17.2 Å². The molecule has 112 valence electrons. The molecule has 0 radical (unpaired) electrons. The number of carboxylic acids is 1. The Labute approximate surface area is 128 Å². The van der Waals surface area contributed by atoms with Gasteiger partial charge in [-0.1, -0.05) is 11.6 Å². The Kier molecular flexibility index (Phi) is 4.38. The highest BCUT2D eigenvalue weighted by molar-refractivity contribution is 6.30. The van der Waals surface area contributed by atoms with E-state index in [1.165, 1.54) is 24.3 Å². The van der Waals surface area contributed by atoms with E-state index in [4.69, 9.17) is 21.4 Å². The number of nitrogens with zero attached hydrogens (tertiary/aromatic N) is 1. The van der Waals surface area contributed by atoms with Crippen molar-refractivity contribution in [1.82, 2.24) is 0 Å². The van der Waals surface area contributed by atoms with Crippen molar-refractivity contribution < 1.29 is 24.4 Å². The van der Waals surface area contributed by atoms with E-state index in [9.17, 15) is 19.7 Å². The Morgan fingerprint density at radius 3 is 2.32 bits per heavy atom. The minimum absolute atomic E-state index is 0.166. The number of halogens is 1. The first kappa shape index (κ1) is 15.5. The summed E-state index contributed by atoms with van der Waals surface area (Å²) in [6, 6.07) is 8.73. The maximum absolute atomic E-state index is 11.9. The average Bonchev–Trinajstić information content (AvgIpc) is 2.47. The Morgan fingerprint density at radius 1 is 1.14 bits per heavy atom. The zero-order valence-electron chi connectivity index (χ0n) is 10.9. The molecule has 0 heterocycles. The Balaban J connectivity index is 2.32. The third-order valence-electron chi connectivity index (χ3n) is 2.69. The second-order valence-corrected chi connectivity index (χ2v) is 4.58. The van der Waals surface area contributed by atoms with Crippen LogP contribution in [0, 0.1) is 10.1 Å². The van der Waals surface area contributed by atoms with Gasteiger partial charge in [0.25, 0.3) is 5.69 Å². The van der Waals surface area contributed by atoms with Crippen LogP contribution in [0.5, 0.6) is 5.75 Å². The largest absolute Gasteiger partial charge is 0.478 e. The lowest BCUT2D eigenvalue weighted by Crippen LogP contribution is -2.11. The number of non-ortho nitro benzene ring substituents is 1. The zero-order chi connectivity index (χ0) is 16.3. The summed E-state index contributed by atoms with van der Waals surface area (Å²) in [6.07, 6.45) is 0. The van der Waals surface area contributed by atoms with Crippen molar-refractivity contribution in [3.8, 4) is 5.75 Å². The van der Waals surface area contributed by atoms with Gasteiger partial charge in [0.05, 0.1) is 10.5 Å².